The van der Waals surface area contributed by atoms with Gasteiger partial charge in [0, 0.05) is 0 Å². The summed E-state index contributed by atoms with van der Waals surface area (Å²) in [6, 6.07) is 20.7. The normalized spacial score (nSPS) is 12.1. The number of hydrogen-bond acceptors (Lipinski definition) is 9. The molecule has 9 heteroatoms. The third-order valence-electron chi connectivity index (χ3n) is 7.34. The second-order valence-electron chi connectivity index (χ2n) is 10.5. The Labute approximate surface area is 266 Å². The van der Waals surface area contributed by atoms with E-state index in [-0.39, 0.29) is 52.9 Å². The first-order valence-corrected chi connectivity index (χ1v) is 15.1. The van der Waals surface area contributed by atoms with Crippen molar-refractivity contribution in [3.05, 3.63) is 89.5 Å². The summed E-state index contributed by atoms with van der Waals surface area (Å²) >= 11 is 0. The average Bonchev–Trinajstić information content (AvgIpc) is 3.07. The van der Waals surface area contributed by atoms with Crippen LogP contribution in [0.4, 0.5) is 0 Å². The van der Waals surface area contributed by atoms with Crippen molar-refractivity contribution < 1.29 is 43.9 Å². The maximum atomic E-state index is 11.3. The van der Waals surface area contributed by atoms with E-state index in [0.717, 1.165) is 36.0 Å². The fraction of sp³-hybridized carbons (Fsp3) is 0.417. The summed E-state index contributed by atoms with van der Waals surface area (Å²) in [5, 5.41) is 27.3. The maximum Gasteiger partial charge on any atom is 0.308 e. The largest absolute Gasteiger partial charge is 0.508 e. The predicted octanol–water partition coefficient (Wildman–Crippen LogP) is 6.40. The molecule has 0 aliphatic carbocycles. The molecule has 3 atom stereocenters. The van der Waals surface area contributed by atoms with E-state index in [0.29, 0.717) is 19.3 Å². The van der Waals surface area contributed by atoms with Gasteiger partial charge < -0.3 is 29.5 Å². The number of methoxy groups -OCH3 is 3. The Kier molecular flexibility index (Phi) is 18.2. The number of phenols is 3. The smallest absolute Gasteiger partial charge is 0.308 e. The van der Waals surface area contributed by atoms with Gasteiger partial charge in [0.1, 0.15) is 17.2 Å². The Morgan fingerprint density at radius 1 is 0.467 bits per heavy atom. The quantitative estimate of drug-likeness (QED) is 0.154. The number of ether oxygens (including phenoxy) is 3. The highest BCUT2D eigenvalue weighted by atomic mass is 16.5. The highest BCUT2D eigenvalue weighted by molar-refractivity contribution is 5.73. The van der Waals surface area contributed by atoms with Crippen molar-refractivity contribution in [2.45, 2.75) is 59.3 Å². The fourth-order valence-electron chi connectivity index (χ4n) is 4.43. The third kappa shape index (κ3) is 14.7. The molecular formula is C36H48O9. The number of aromatic hydroxyl groups is 3. The van der Waals surface area contributed by atoms with Gasteiger partial charge in [-0.2, -0.15) is 0 Å². The fourth-order valence-corrected chi connectivity index (χ4v) is 4.43. The second-order valence-corrected chi connectivity index (χ2v) is 10.5. The van der Waals surface area contributed by atoms with Crippen molar-refractivity contribution in [1.82, 2.24) is 0 Å². The van der Waals surface area contributed by atoms with Crippen LogP contribution in [0.2, 0.25) is 0 Å². The van der Waals surface area contributed by atoms with Gasteiger partial charge >= 0.3 is 17.9 Å². The molecule has 3 rings (SSSR count). The molecule has 0 aliphatic heterocycles. The zero-order valence-electron chi connectivity index (χ0n) is 27.2. The van der Waals surface area contributed by atoms with Crippen LogP contribution in [-0.2, 0) is 47.9 Å². The van der Waals surface area contributed by atoms with E-state index in [4.69, 9.17) is 29.5 Å². The Hall–Kier alpha value is -4.53. The number of hydrogen-bond donors (Lipinski definition) is 3. The number of rotatable bonds is 12. The zero-order chi connectivity index (χ0) is 33.8. The number of phenolic OH excluding ortho intramolecular Hbond substituents is 3. The minimum absolute atomic E-state index is 0.0976. The minimum atomic E-state index is -0.175. The maximum absolute atomic E-state index is 11.3. The Morgan fingerprint density at radius 2 is 0.667 bits per heavy atom. The molecule has 0 aliphatic rings. The van der Waals surface area contributed by atoms with Gasteiger partial charge in [0.2, 0.25) is 0 Å². The second kappa shape index (κ2) is 21.2. The van der Waals surface area contributed by atoms with Gasteiger partial charge in [-0.3, -0.25) is 14.4 Å². The first-order chi connectivity index (χ1) is 21.5. The molecule has 0 heterocycles. The van der Waals surface area contributed by atoms with Crippen molar-refractivity contribution >= 4 is 17.9 Å². The highest BCUT2D eigenvalue weighted by Gasteiger charge is 2.19. The lowest BCUT2D eigenvalue weighted by atomic mass is 9.97. The Bertz CT molecular complexity index is 1110. The lowest BCUT2D eigenvalue weighted by Crippen LogP contribution is -2.17. The lowest BCUT2D eigenvalue weighted by molar-refractivity contribution is -0.146. The third-order valence-corrected chi connectivity index (χ3v) is 7.34. The molecule has 0 bridgehead atoms. The molecule has 0 amide bonds. The van der Waals surface area contributed by atoms with Gasteiger partial charge in [0.05, 0.1) is 39.1 Å². The van der Waals surface area contributed by atoms with Crippen LogP contribution in [0.1, 0.15) is 56.7 Å². The van der Waals surface area contributed by atoms with E-state index in [9.17, 15) is 14.4 Å². The van der Waals surface area contributed by atoms with Gasteiger partial charge in [-0.05, 0) is 91.6 Å². The van der Waals surface area contributed by atoms with E-state index in [1.54, 1.807) is 36.4 Å². The van der Waals surface area contributed by atoms with Crippen LogP contribution in [0, 0.1) is 17.8 Å². The summed E-state index contributed by atoms with van der Waals surface area (Å²) in [7, 11) is 4.21. The van der Waals surface area contributed by atoms with E-state index < -0.39 is 0 Å². The number of carbonyl (C=O) groups is 3. The molecule has 3 aromatic carbocycles. The van der Waals surface area contributed by atoms with Crippen LogP contribution in [0.15, 0.2) is 72.8 Å². The topological polar surface area (TPSA) is 140 Å². The van der Waals surface area contributed by atoms with E-state index in [2.05, 4.69) is 0 Å². The molecule has 0 saturated heterocycles. The molecule has 3 N–H and O–H groups in total. The minimum Gasteiger partial charge on any atom is -0.508 e. The van der Waals surface area contributed by atoms with E-state index in [1.165, 1.54) is 21.3 Å². The van der Waals surface area contributed by atoms with E-state index in [1.807, 2.05) is 57.2 Å². The molecule has 0 radical (unpaired) electrons. The van der Waals surface area contributed by atoms with Crippen molar-refractivity contribution in [3.8, 4) is 17.2 Å². The standard InChI is InChI=1S/3C12H16O3/c3*1-3-10(12(14)15-2)8-9-4-6-11(13)7-5-9/h3*4-7,10,13H,3,8H2,1-2H3/t2*10-;/m10./s1. The van der Waals surface area contributed by atoms with Gasteiger partial charge in [-0.15, -0.1) is 0 Å². The van der Waals surface area contributed by atoms with Gasteiger partial charge in [-0.1, -0.05) is 57.2 Å². The van der Waals surface area contributed by atoms with Crippen molar-refractivity contribution in [2.24, 2.45) is 17.8 Å². The molecule has 9 nitrogen and oxygen atoms in total. The number of esters is 3. The summed E-state index contributed by atoms with van der Waals surface area (Å²) in [5.74, 6) is -0.0973. The van der Waals surface area contributed by atoms with Crippen LogP contribution < -0.4 is 0 Å². The molecule has 3 aromatic rings. The van der Waals surface area contributed by atoms with Crippen molar-refractivity contribution in [2.75, 3.05) is 21.3 Å². The average molecular weight is 625 g/mol. The first-order valence-electron chi connectivity index (χ1n) is 15.1. The van der Waals surface area contributed by atoms with Crippen LogP contribution in [0.25, 0.3) is 0 Å². The molecule has 0 spiro atoms. The monoisotopic (exact) mass is 624 g/mol. The van der Waals surface area contributed by atoms with Crippen molar-refractivity contribution in [1.29, 1.82) is 0 Å². The highest BCUT2D eigenvalue weighted by Crippen LogP contribution is 2.19. The van der Waals surface area contributed by atoms with Crippen molar-refractivity contribution in [3.63, 3.8) is 0 Å². The molecule has 1 unspecified atom stereocenters. The van der Waals surface area contributed by atoms with Crippen LogP contribution in [-0.4, -0.2) is 54.6 Å². The van der Waals surface area contributed by atoms with Gasteiger partial charge in [0.15, 0.2) is 0 Å². The summed E-state index contributed by atoms with van der Waals surface area (Å²) in [6.45, 7) is 5.88. The molecule has 246 valence electrons. The number of benzene rings is 3. The summed E-state index contributed by atoms with van der Waals surface area (Å²) in [6.07, 6.45) is 4.24. The zero-order valence-corrected chi connectivity index (χ0v) is 27.2. The van der Waals surface area contributed by atoms with Gasteiger partial charge in [-0.25, -0.2) is 0 Å². The molecule has 0 saturated carbocycles. The summed E-state index contributed by atoms with van der Waals surface area (Å²) in [4.78, 5) is 34.0. The van der Waals surface area contributed by atoms with Crippen LogP contribution in [0.5, 0.6) is 17.2 Å². The Balaban J connectivity index is 0.000000337. The molecule has 0 fully saturated rings. The lowest BCUT2D eigenvalue weighted by Gasteiger charge is -2.12. The summed E-state index contributed by atoms with van der Waals surface area (Å²) in [5.41, 5.74) is 3.10. The van der Waals surface area contributed by atoms with Gasteiger partial charge in [0.25, 0.3) is 0 Å². The van der Waals surface area contributed by atoms with Crippen LogP contribution in [0.3, 0.4) is 0 Å². The molecule has 0 aromatic heterocycles. The first kappa shape index (κ1) is 38.5. The SMILES string of the molecule is CCC(Cc1ccc(O)cc1)C(=O)OC.CC[C@@H](Cc1ccc(O)cc1)C(=O)OC.CC[C@H](Cc1ccc(O)cc1)C(=O)OC. The Morgan fingerprint density at radius 3 is 0.822 bits per heavy atom. The summed E-state index contributed by atoms with van der Waals surface area (Å²) < 4.78 is 14.1. The van der Waals surface area contributed by atoms with E-state index >= 15 is 0 Å². The van der Waals surface area contributed by atoms with Crippen LogP contribution >= 0.6 is 0 Å². The number of carbonyl (C=O) groups excluding carboxylic acids is 3. The molecular weight excluding hydrogens is 576 g/mol. The molecule has 45 heavy (non-hydrogen) atoms. The predicted molar refractivity (Wildman–Crippen MR) is 173 cm³/mol.